The quantitative estimate of drug-likeness (QED) is 0.702. The van der Waals surface area contributed by atoms with E-state index in [1.54, 1.807) is 0 Å². The lowest BCUT2D eigenvalue weighted by Gasteiger charge is -2.27. The van der Waals surface area contributed by atoms with Gasteiger partial charge >= 0.3 is 0 Å². The Balaban J connectivity index is 1.91. The molecule has 0 aliphatic heterocycles. The van der Waals surface area contributed by atoms with Crippen molar-refractivity contribution >= 4 is 22.1 Å². The minimum atomic E-state index is -0.181. The van der Waals surface area contributed by atoms with Crippen LogP contribution in [0.15, 0.2) is 24.8 Å². The number of hydrogen-bond acceptors (Lipinski definition) is 3. The minimum absolute atomic E-state index is 0.181. The molecule has 0 amide bonds. The van der Waals surface area contributed by atoms with Gasteiger partial charge in [-0.1, -0.05) is 0 Å². The number of rotatable bonds is 1. The van der Waals surface area contributed by atoms with Crippen LogP contribution in [0, 0.1) is 0 Å². The van der Waals surface area contributed by atoms with Gasteiger partial charge in [-0.3, -0.25) is 0 Å². The molecular weight excluding hydrogens is 240 g/mol. The Morgan fingerprint density at radius 2 is 2.26 bits per heavy atom. The van der Waals surface area contributed by atoms with E-state index in [1.807, 2.05) is 24.8 Å². The van der Waals surface area contributed by atoms with E-state index in [2.05, 4.69) is 19.5 Å². The van der Waals surface area contributed by atoms with E-state index in [9.17, 15) is 5.11 Å². The highest BCUT2D eigenvalue weighted by atomic mass is 16.3. The first-order valence-corrected chi connectivity index (χ1v) is 6.79. The molecule has 3 aromatic heterocycles. The zero-order valence-electron chi connectivity index (χ0n) is 10.6. The fourth-order valence-corrected chi connectivity index (χ4v) is 3.20. The Labute approximate surface area is 110 Å². The fourth-order valence-electron chi connectivity index (χ4n) is 3.20. The second-order valence-electron chi connectivity index (χ2n) is 5.36. The molecule has 2 N–H and O–H groups in total. The van der Waals surface area contributed by atoms with Gasteiger partial charge in [0.05, 0.1) is 24.1 Å². The van der Waals surface area contributed by atoms with Gasteiger partial charge in [-0.25, -0.2) is 9.97 Å². The molecule has 5 nitrogen and oxygen atoms in total. The van der Waals surface area contributed by atoms with Gasteiger partial charge in [0.2, 0.25) is 0 Å². The van der Waals surface area contributed by atoms with Crippen LogP contribution < -0.4 is 0 Å². The first kappa shape index (κ1) is 11.0. The van der Waals surface area contributed by atoms with Gasteiger partial charge in [-0.2, -0.15) is 0 Å². The minimum Gasteiger partial charge on any atom is -0.393 e. The molecular formula is C14H16N4O. The molecule has 1 saturated carbocycles. The third kappa shape index (κ3) is 1.65. The second-order valence-corrected chi connectivity index (χ2v) is 5.36. The van der Waals surface area contributed by atoms with E-state index in [1.165, 1.54) is 0 Å². The molecule has 19 heavy (non-hydrogen) atoms. The number of nitrogens with zero attached hydrogens (tertiary/aromatic N) is 3. The van der Waals surface area contributed by atoms with E-state index in [0.29, 0.717) is 6.04 Å². The maximum Gasteiger partial charge on any atom is 0.139 e. The maximum absolute atomic E-state index is 9.87. The number of fused-ring (bicyclic) bond motifs is 3. The molecule has 0 radical (unpaired) electrons. The molecule has 98 valence electrons. The molecule has 4 rings (SSSR count). The van der Waals surface area contributed by atoms with Gasteiger partial charge in [-0.05, 0) is 31.7 Å². The molecule has 1 aliphatic rings. The number of aromatic amines is 1. The summed E-state index contributed by atoms with van der Waals surface area (Å²) in [5.74, 6) is 0. The van der Waals surface area contributed by atoms with E-state index in [-0.39, 0.29) is 6.10 Å². The molecule has 3 aromatic rings. The summed E-state index contributed by atoms with van der Waals surface area (Å²) in [6.07, 6.45) is 9.35. The van der Waals surface area contributed by atoms with E-state index >= 15 is 0 Å². The standard InChI is InChI=1S/C14H16N4O/c19-10-3-1-2-9(6-10)18-8-17-12-7-16-14-11(13(12)18)4-5-15-14/h4-5,7-10,19H,1-3,6H2,(H,15,16)/t9-,10+/m0/s1. The van der Waals surface area contributed by atoms with Crippen LogP contribution in [0.25, 0.3) is 22.1 Å². The average molecular weight is 256 g/mol. The summed E-state index contributed by atoms with van der Waals surface area (Å²) in [5, 5.41) is 11.0. The summed E-state index contributed by atoms with van der Waals surface area (Å²) in [6, 6.07) is 2.39. The third-order valence-corrected chi connectivity index (χ3v) is 4.13. The van der Waals surface area contributed by atoms with Gasteiger partial charge in [0, 0.05) is 17.6 Å². The van der Waals surface area contributed by atoms with Crippen molar-refractivity contribution < 1.29 is 5.11 Å². The van der Waals surface area contributed by atoms with Gasteiger partial charge in [0.15, 0.2) is 0 Å². The molecule has 0 spiro atoms. The number of nitrogens with one attached hydrogen (secondary N) is 1. The first-order chi connectivity index (χ1) is 9.33. The molecule has 5 heteroatoms. The van der Waals surface area contributed by atoms with Crippen molar-refractivity contribution in [3.63, 3.8) is 0 Å². The van der Waals surface area contributed by atoms with Crippen LogP contribution in [0.1, 0.15) is 31.7 Å². The SMILES string of the molecule is O[C@@H]1CCC[C@H](n2cnc3cnc4[nH]ccc4c32)C1. The van der Waals surface area contributed by atoms with Crippen molar-refractivity contribution in [2.75, 3.05) is 0 Å². The predicted molar refractivity (Wildman–Crippen MR) is 72.9 cm³/mol. The smallest absolute Gasteiger partial charge is 0.139 e. The summed E-state index contributed by atoms with van der Waals surface area (Å²) in [4.78, 5) is 12.0. The van der Waals surface area contributed by atoms with Crippen molar-refractivity contribution in [2.45, 2.75) is 37.8 Å². The lowest BCUT2D eigenvalue weighted by atomic mass is 9.93. The van der Waals surface area contributed by atoms with Crippen molar-refractivity contribution in [1.82, 2.24) is 19.5 Å². The summed E-state index contributed by atoms with van der Waals surface area (Å²) in [6.45, 7) is 0. The van der Waals surface area contributed by atoms with Crippen molar-refractivity contribution in [3.8, 4) is 0 Å². The van der Waals surface area contributed by atoms with Gasteiger partial charge in [-0.15, -0.1) is 0 Å². The van der Waals surface area contributed by atoms with E-state index < -0.39 is 0 Å². The van der Waals surface area contributed by atoms with E-state index in [0.717, 1.165) is 47.8 Å². The summed E-state index contributed by atoms with van der Waals surface area (Å²) in [7, 11) is 0. The number of pyridine rings is 1. The third-order valence-electron chi connectivity index (χ3n) is 4.13. The van der Waals surface area contributed by atoms with Crippen LogP contribution in [-0.2, 0) is 0 Å². The van der Waals surface area contributed by atoms with Crippen molar-refractivity contribution in [1.29, 1.82) is 0 Å². The molecule has 2 atom stereocenters. The van der Waals surface area contributed by atoms with E-state index in [4.69, 9.17) is 0 Å². The second kappa shape index (κ2) is 4.06. The number of aliphatic hydroxyl groups is 1. The lowest BCUT2D eigenvalue weighted by Crippen LogP contribution is -2.22. The summed E-state index contributed by atoms with van der Waals surface area (Å²) in [5.41, 5.74) is 2.95. The predicted octanol–water partition coefficient (Wildman–Crippen LogP) is 2.39. The Kier molecular flexibility index (Phi) is 2.35. The Morgan fingerprint density at radius 3 is 3.16 bits per heavy atom. The first-order valence-electron chi connectivity index (χ1n) is 6.79. The zero-order chi connectivity index (χ0) is 12.8. The summed E-state index contributed by atoms with van der Waals surface area (Å²) < 4.78 is 2.22. The van der Waals surface area contributed by atoms with Crippen LogP contribution >= 0.6 is 0 Å². The highest BCUT2D eigenvalue weighted by Crippen LogP contribution is 2.33. The number of aromatic nitrogens is 4. The zero-order valence-corrected chi connectivity index (χ0v) is 10.6. The Hall–Kier alpha value is -1.88. The molecule has 1 fully saturated rings. The van der Waals surface area contributed by atoms with Crippen LogP contribution in [-0.4, -0.2) is 30.7 Å². The van der Waals surface area contributed by atoms with Crippen LogP contribution in [0.4, 0.5) is 0 Å². The normalized spacial score (nSPS) is 24.3. The average Bonchev–Trinajstić information content (AvgIpc) is 3.04. The highest BCUT2D eigenvalue weighted by Gasteiger charge is 2.23. The number of hydrogen-bond donors (Lipinski definition) is 2. The monoisotopic (exact) mass is 256 g/mol. The largest absolute Gasteiger partial charge is 0.393 e. The topological polar surface area (TPSA) is 66.7 Å². The molecule has 3 heterocycles. The van der Waals surface area contributed by atoms with Gasteiger partial charge in [0.1, 0.15) is 11.2 Å². The van der Waals surface area contributed by atoms with Gasteiger partial charge < -0.3 is 14.7 Å². The number of imidazole rings is 1. The van der Waals surface area contributed by atoms with Crippen molar-refractivity contribution in [3.05, 3.63) is 24.8 Å². The highest BCUT2D eigenvalue weighted by molar-refractivity contribution is 6.00. The van der Waals surface area contributed by atoms with Crippen LogP contribution in [0.2, 0.25) is 0 Å². The van der Waals surface area contributed by atoms with Crippen LogP contribution in [0.3, 0.4) is 0 Å². The summed E-state index contributed by atoms with van der Waals surface area (Å²) >= 11 is 0. The molecule has 0 saturated heterocycles. The van der Waals surface area contributed by atoms with Crippen molar-refractivity contribution in [2.24, 2.45) is 0 Å². The number of aliphatic hydroxyl groups excluding tert-OH is 1. The lowest BCUT2D eigenvalue weighted by molar-refractivity contribution is 0.105. The Morgan fingerprint density at radius 1 is 1.32 bits per heavy atom. The molecule has 0 unspecified atom stereocenters. The van der Waals surface area contributed by atoms with Crippen LogP contribution in [0.5, 0.6) is 0 Å². The molecule has 0 aromatic carbocycles. The fraction of sp³-hybridized carbons (Fsp3) is 0.429. The molecule has 0 bridgehead atoms. The number of H-pyrrole nitrogens is 1. The maximum atomic E-state index is 9.87. The molecule has 1 aliphatic carbocycles. The van der Waals surface area contributed by atoms with Gasteiger partial charge in [0.25, 0.3) is 0 Å². The Bertz CT molecular complexity index is 729.